The summed E-state index contributed by atoms with van der Waals surface area (Å²) < 4.78 is 23.6. The van der Waals surface area contributed by atoms with E-state index in [2.05, 4.69) is 29.1 Å². The highest BCUT2D eigenvalue weighted by Crippen LogP contribution is 2.31. The van der Waals surface area contributed by atoms with Crippen LogP contribution in [0.1, 0.15) is 6.92 Å². The SMILES string of the molecule is CC(CNc1cccc(S(C)(=O)=O)c1[N+](=O)[O-])N1CCN(C)CC1. The van der Waals surface area contributed by atoms with Crippen LogP contribution in [-0.4, -0.2) is 75.2 Å². The van der Waals surface area contributed by atoms with Crippen LogP contribution in [0.3, 0.4) is 0 Å². The lowest BCUT2D eigenvalue weighted by Gasteiger charge is -2.36. The molecule has 1 heterocycles. The second-order valence-corrected chi connectivity index (χ2v) is 8.23. The van der Waals surface area contributed by atoms with Crippen LogP contribution in [0.5, 0.6) is 0 Å². The molecule has 134 valence electrons. The van der Waals surface area contributed by atoms with Crippen LogP contribution in [0, 0.1) is 10.1 Å². The van der Waals surface area contributed by atoms with E-state index >= 15 is 0 Å². The summed E-state index contributed by atoms with van der Waals surface area (Å²) in [6, 6.07) is 4.53. The van der Waals surface area contributed by atoms with Crippen molar-refractivity contribution in [1.29, 1.82) is 0 Å². The van der Waals surface area contributed by atoms with Crippen molar-refractivity contribution < 1.29 is 13.3 Å². The number of likely N-dealkylation sites (N-methyl/N-ethyl adjacent to an activating group) is 1. The van der Waals surface area contributed by atoms with E-state index in [-0.39, 0.29) is 22.3 Å². The van der Waals surface area contributed by atoms with Gasteiger partial charge in [-0.15, -0.1) is 0 Å². The summed E-state index contributed by atoms with van der Waals surface area (Å²) in [5.74, 6) is 0. The molecular weight excluding hydrogens is 332 g/mol. The molecule has 2 rings (SSSR count). The molecule has 1 fully saturated rings. The molecule has 9 heteroatoms. The van der Waals surface area contributed by atoms with Crippen molar-refractivity contribution in [3.8, 4) is 0 Å². The number of sulfone groups is 1. The lowest BCUT2D eigenvalue weighted by molar-refractivity contribution is -0.386. The Bertz CT molecular complexity index is 699. The topological polar surface area (TPSA) is 95.8 Å². The van der Waals surface area contributed by atoms with E-state index in [1.165, 1.54) is 12.1 Å². The van der Waals surface area contributed by atoms with E-state index in [1.54, 1.807) is 6.07 Å². The van der Waals surface area contributed by atoms with Gasteiger partial charge in [-0.2, -0.15) is 0 Å². The summed E-state index contributed by atoms with van der Waals surface area (Å²) in [7, 11) is -1.58. The maximum absolute atomic E-state index is 11.8. The van der Waals surface area contributed by atoms with E-state index in [1.807, 2.05) is 0 Å². The fraction of sp³-hybridized carbons (Fsp3) is 0.600. The number of nitro groups is 1. The van der Waals surface area contributed by atoms with Crippen LogP contribution in [0.15, 0.2) is 23.1 Å². The third-order valence-corrected chi connectivity index (χ3v) is 5.46. The molecule has 0 radical (unpaired) electrons. The number of nitrogens with zero attached hydrogens (tertiary/aromatic N) is 3. The Labute approximate surface area is 142 Å². The minimum Gasteiger partial charge on any atom is -0.378 e. The Morgan fingerprint density at radius 2 is 1.92 bits per heavy atom. The summed E-state index contributed by atoms with van der Waals surface area (Å²) in [6.45, 7) is 6.46. The summed E-state index contributed by atoms with van der Waals surface area (Å²) in [6.07, 6.45) is 0.978. The molecule has 1 aliphatic rings. The van der Waals surface area contributed by atoms with Crippen LogP contribution < -0.4 is 5.32 Å². The standard InChI is InChI=1S/C15H24N4O4S/c1-12(18-9-7-17(2)8-10-18)11-16-13-5-4-6-14(24(3,22)23)15(13)19(20)21/h4-6,12,16H,7-11H2,1-3H3. The van der Waals surface area contributed by atoms with Gasteiger partial charge in [-0.1, -0.05) is 6.07 Å². The molecule has 8 nitrogen and oxygen atoms in total. The van der Waals surface area contributed by atoms with Gasteiger partial charge >= 0.3 is 5.69 Å². The molecule has 1 N–H and O–H groups in total. The lowest BCUT2D eigenvalue weighted by atomic mass is 10.2. The highest BCUT2D eigenvalue weighted by Gasteiger charge is 2.26. The van der Waals surface area contributed by atoms with E-state index in [0.29, 0.717) is 6.54 Å². The number of rotatable bonds is 6. The molecule has 1 aromatic rings. The summed E-state index contributed by atoms with van der Waals surface area (Å²) in [5.41, 5.74) is -0.144. The Morgan fingerprint density at radius 1 is 1.29 bits per heavy atom. The van der Waals surface area contributed by atoms with Gasteiger partial charge in [0, 0.05) is 45.0 Å². The Morgan fingerprint density at radius 3 is 2.46 bits per heavy atom. The van der Waals surface area contributed by atoms with Crippen molar-refractivity contribution in [3.63, 3.8) is 0 Å². The van der Waals surface area contributed by atoms with Crippen molar-refractivity contribution in [2.45, 2.75) is 17.9 Å². The smallest absolute Gasteiger partial charge is 0.310 e. The maximum atomic E-state index is 11.8. The first-order valence-corrected chi connectivity index (χ1v) is 9.73. The Kier molecular flexibility index (Phi) is 5.79. The van der Waals surface area contributed by atoms with Crippen LogP contribution in [0.2, 0.25) is 0 Å². The number of hydrogen-bond acceptors (Lipinski definition) is 7. The molecule has 0 amide bonds. The number of para-hydroxylation sites is 1. The normalized spacial score (nSPS) is 18.3. The maximum Gasteiger partial charge on any atom is 0.310 e. The largest absolute Gasteiger partial charge is 0.378 e. The van der Waals surface area contributed by atoms with Gasteiger partial charge in [-0.3, -0.25) is 15.0 Å². The molecule has 1 aromatic carbocycles. The molecule has 0 aliphatic carbocycles. The number of nitrogens with one attached hydrogen (secondary N) is 1. The minimum absolute atomic E-state index is 0.195. The third-order valence-electron chi connectivity index (χ3n) is 4.33. The number of hydrogen-bond donors (Lipinski definition) is 1. The predicted octanol–water partition coefficient (Wildman–Crippen LogP) is 1.05. The quantitative estimate of drug-likeness (QED) is 0.601. The molecule has 0 saturated carbocycles. The average Bonchev–Trinajstić information content (AvgIpc) is 2.51. The third kappa shape index (κ3) is 4.43. The molecule has 24 heavy (non-hydrogen) atoms. The van der Waals surface area contributed by atoms with E-state index in [0.717, 1.165) is 32.4 Å². The summed E-state index contributed by atoms with van der Waals surface area (Å²) >= 11 is 0. The van der Waals surface area contributed by atoms with Gasteiger partial charge in [-0.25, -0.2) is 8.42 Å². The van der Waals surface area contributed by atoms with Gasteiger partial charge in [0.1, 0.15) is 10.6 Å². The molecule has 0 bridgehead atoms. The molecule has 1 atom stereocenters. The van der Waals surface area contributed by atoms with Gasteiger partial charge in [0.2, 0.25) is 0 Å². The Hall–Kier alpha value is -1.71. The van der Waals surface area contributed by atoms with Crippen molar-refractivity contribution in [3.05, 3.63) is 28.3 Å². The molecule has 1 saturated heterocycles. The fourth-order valence-electron chi connectivity index (χ4n) is 2.80. The van der Waals surface area contributed by atoms with Gasteiger partial charge in [0.05, 0.1) is 4.92 Å². The molecular formula is C15H24N4O4S. The number of nitro benzene ring substituents is 1. The number of piperazine rings is 1. The molecule has 1 aliphatic heterocycles. The van der Waals surface area contributed by atoms with Gasteiger partial charge < -0.3 is 10.2 Å². The second-order valence-electron chi connectivity index (χ2n) is 6.25. The van der Waals surface area contributed by atoms with Crippen LogP contribution in [-0.2, 0) is 9.84 Å². The lowest BCUT2D eigenvalue weighted by Crippen LogP contribution is -2.49. The second kappa shape index (κ2) is 7.45. The number of benzene rings is 1. The zero-order chi connectivity index (χ0) is 17.9. The summed E-state index contributed by atoms with van der Waals surface area (Å²) in [5, 5.41) is 14.4. The van der Waals surface area contributed by atoms with E-state index < -0.39 is 14.8 Å². The van der Waals surface area contributed by atoms with Gasteiger partial charge in [0.15, 0.2) is 9.84 Å². The predicted molar refractivity (Wildman–Crippen MR) is 93.2 cm³/mol. The first-order chi connectivity index (χ1) is 11.2. The summed E-state index contributed by atoms with van der Waals surface area (Å²) in [4.78, 5) is 15.0. The Balaban J connectivity index is 2.14. The molecule has 0 spiro atoms. The van der Waals surface area contributed by atoms with Crippen molar-refractivity contribution >= 4 is 21.2 Å². The van der Waals surface area contributed by atoms with Crippen molar-refractivity contribution in [2.24, 2.45) is 0 Å². The van der Waals surface area contributed by atoms with E-state index in [9.17, 15) is 18.5 Å². The van der Waals surface area contributed by atoms with Crippen molar-refractivity contribution in [2.75, 3.05) is 51.3 Å². The van der Waals surface area contributed by atoms with E-state index in [4.69, 9.17) is 0 Å². The first kappa shape index (κ1) is 18.6. The minimum atomic E-state index is -3.66. The monoisotopic (exact) mass is 356 g/mol. The highest BCUT2D eigenvalue weighted by atomic mass is 32.2. The molecule has 1 unspecified atom stereocenters. The number of anilines is 1. The van der Waals surface area contributed by atoms with Crippen LogP contribution in [0.25, 0.3) is 0 Å². The highest BCUT2D eigenvalue weighted by molar-refractivity contribution is 7.90. The van der Waals surface area contributed by atoms with Crippen molar-refractivity contribution in [1.82, 2.24) is 9.80 Å². The van der Waals surface area contributed by atoms with Gasteiger partial charge in [-0.05, 0) is 26.1 Å². The fourth-order valence-corrected chi connectivity index (χ4v) is 3.66. The first-order valence-electron chi connectivity index (χ1n) is 7.84. The van der Waals surface area contributed by atoms with Crippen LogP contribution >= 0.6 is 0 Å². The van der Waals surface area contributed by atoms with Gasteiger partial charge in [0.25, 0.3) is 0 Å². The van der Waals surface area contributed by atoms with Crippen LogP contribution in [0.4, 0.5) is 11.4 Å². The zero-order valence-electron chi connectivity index (χ0n) is 14.2. The zero-order valence-corrected chi connectivity index (χ0v) is 15.0. The average molecular weight is 356 g/mol. The molecule has 0 aromatic heterocycles.